The van der Waals surface area contributed by atoms with Gasteiger partial charge >= 0.3 is 0 Å². The summed E-state index contributed by atoms with van der Waals surface area (Å²) in [6.07, 6.45) is 1.33. The quantitative estimate of drug-likeness (QED) is 0.500. The first-order chi connectivity index (χ1) is 3.60. The smallest absolute Gasteiger partial charge is 0.00445 e. The first kappa shape index (κ1) is 6.09. The molecule has 0 aromatic rings. The fraction of sp³-hybridized carbons (Fsp3) is 1.00. The first-order valence-electron chi connectivity index (χ1n) is 3.33. The van der Waals surface area contributed by atoms with Crippen LogP contribution in [-0.2, 0) is 0 Å². The van der Waals surface area contributed by atoms with Crippen molar-refractivity contribution in [2.75, 3.05) is 6.54 Å². The maximum atomic E-state index is 3.41. The highest BCUT2D eigenvalue weighted by Crippen LogP contribution is 2.26. The van der Waals surface area contributed by atoms with Gasteiger partial charge in [0.05, 0.1) is 0 Å². The van der Waals surface area contributed by atoms with E-state index in [1.807, 2.05) is 0 Å². The van der Waals surface area contributed by atoms with Gasteiger partial charge in [-0.3, -0.25) is 0 Å². The van der Waals surface area contributed by atoms with Gasteiger partial charge in [0.25, 0.3) is 0 Å². The third kappa shape index (κ3) is 1.22. The van der Waals surface area contributed by atoms with Crippen molar-refractivity contribution in [3.8, 4) is 0 Å². The van der Waals surface area contributed by atoms with Crippen LogP contribution in [0.25, 0.3) is 0 Å². The van der Waals surface area contributed by atoms with Gasteiger partial charge in [0.15, 0.2) is 0 Å². The first-order valence-corrected chi connectivity index (χ1v) is 3.33. The van der Waals surface area contributed by atoms with Crippen molar-refractivity contribution >= 4 is 0 Å². The molecule has 1 N–H and O–H groups in total. The second kappa shape index (κ2) is 1.73. The van der Waals surface area contributed by atoms with Crippen molar-refractivity contribution in [2.45, 2.75) is 33.2 Å². The molecule has 1 saturated heterocycles. The predicted molar refractivity (Wildman–Crippen MR) is 35.9 cm³/mol. The Bertz CT molecular complexity index is 86.4. The topological polar surface area (TPSA) is 12.0 Å². The van der Waals surface area contributed by atoms with Crippen molar-refractivity contribution < 1.29 is 0 Å². The Balaban J connectivity index is 2.44. The van der Waals surface area contributed by atoms with E-state index >= 15 is 0 Å². The summed E-state index contributed by atoms with van der Waals surface area (Å²) in [4.78, 5) is 0. The van der Waals surface area contributed by atoms with Crippen LogP contribution in [0.2, 0.25) is 0 Å². The minimum atomic E-state index is 0.555. The maximum absolute atomic E-state index is 3.41. The molecule has 1 fully saturated rings. The van der Waals surface area contributed by atoms with Gasteiger partial charge in [-0.05, 0) is 18.8 Å². The number of nitrogens with one attached hydrogen (secondary N) is 1. The number of rotatable bonds is 0. The molecular weight excluding hydrogens is 98.1 g/mol. The zero-order chi connectivity index (χ0) is 6.20. The largest absolute Gasteiger partial charge is 0.314 e. The molecule has 1 rings (SSSR count). The Hall–Kier alpha value is -0.0400. The van der Waals surface area contributed by atoms with Crippen LogP contribution in [0.15, 0.2) is 0 Å². The lowest BCUT2D eigenvalue weighted by Crippen LogP contribution is -2.18. The Kier molecular flexibility index (Phi) is 1.31. The molecule has 0 amide bonds. The zero-order valence-electron chi connectivity index (χ0n) is 5.99. The van der Waals surface area contributed by atoms with Gasteiger partial charge in [0, 0.05) is 12.6 Å². The highest BCUT2D eigenvalue weighted by molar-refractivity contribution is 4.84. The molecule has 1 aliphatic heterocycles. The molecule has 0 spiro atoms. The van der Waals surface area contributed by atoms with Crippen LogP contribution in [0.3, 0.4) is 0 Å². The van der Waals surface area contributed by atoms with Gasteiger partial charge in [-0.2, -0.15) is 0 Å². The van der Waals surface area contributed by atoms with Crippen LogP contribution in [0.1, 0.15) is 27.2 Å². The fourth-order valence-electron chi connectivity index (χ4n) is 1.42. The number of hydrogen-bond acceptors (Lipinski definition) is 1. The van der Waals surface area contributed by atoms with Crippen LogP contribution in [0.5, 0.6) is 0 Å². The Morgan fingerprint density at radius 3 is 2.25 bits per heavy atom. The van der Waals surface area contributed by atoms with E-state index in [9.17, 15) is 0 Å². The Morgan fingerprint density at radius 2 is 2.12 bits per heavy atom. The SMILES string of the molecule is CC1CC(C)(C)CN1. The van der Waals surface area contributed by atoms with Crippen molar-refractivity contribution in [1.29, 1.82) is 0 Å². The maximum Gasteiger partial charge on any atom is 0.00445 e. The summed E-state index contributed by atoms with van der Waals surface area (Å²) >= 11 is 0. The summed E-state index contributed by atoms with van der Waals surface area (Å²) in [7, 11) is 0. The third-order valence-corrected chi connectivity index (χ3v) is 1.79. The molecule has 0 radical (unpaired) electrons. The van der Waals surface area contributed by atoms with Crippen LogP contribution >= 0.6 is 0 Å². The molecule has 1 heteroatoms. The molecule has 1 atom stereocenters. The summed E-state index contributed by atoms with van der Waals surface area (Å²) in [5.74, 6) is 0. The average Bonchev–Trinajstić information content (AvgIpc) is 1.82. The van der Waals surface area contributed by atoms with E-state index in [1.54, 1.807) is 0 Å². The van der Waals surface area contributed by atoms with Gasteiger partial charge < -0.3 is 5.32 Å². The molecule has 1 heterocycles. The van der Waals surface area contributed by atoms with E-state index in [0.29, 0.717) is 5.41 Å². The second-order valence-corrected chi connectivity index (χ2v) is 3.65. The molecule has 1 unspecified atom stereocenters. The lowest BCUT2D eigenvalue weighted by molar-refractivity contribution is 0.405. The van der Waals surface area contributed by atoms with E-state index < -0.39 is 0 Å². The van der Waals surface area contributed by atoms with Gasteiger partial charge in [0.2, 0.25) is 0 Å². The Morgan fingerprint density at radius 1 is 1.50 bits per heavy atom. The van der Waals surface area contributed by atoms with Crippen LogP contribution in [0.4, 0.5) is 0 Å². The molecule has 48 valence electrons. The molecule has 0 saturated carbocycles. The second-order valence-electron chi connectivity index (χ2n) is 3.65. The minimum absolute atomic E-state index is 0.555. The normalized spacial score (nSPS) is 35.6. The van der Waals surface area contributed by atoms with Gasteiger partial charge in [-0.15, -0.1) is 0 Å². The summed E-state index contributed by atoms with van der Waals surface area (Å²) < 4.78 is 0. The average molecular weight is 113 g/mol. The minimum Gasteiger partial charge on any atom is -0.314 e. The van der Waals surface area contributed by atoms with Crippen LogP contribution < -0.4 is 5.32 Å². The van der Waals surface area contributed by atoms with Crippen LogP contribution in [-0.4, -0.2) is 12.6 Å². The van der Waals surface area contributed by atoms with Gasteiger partial charge in [0.1, 0.15) is 0 Å². The molecule has 1 aliphatic rings. The Labute approximate surface area is 51.5 Å². The van der Waals surface area contributed by atoms with Crippen molar-refractivity contribution in [2.24, 2.45) is 5.41 Å². The van der Waals surface area contributed by atoms with E-state index in [1.165, 1.54) is 13.0 Å². The van der Waals surface area contributed by atoms with E-state index in [-0.39, 0.29) is 0 Å². The lowest BCUT2D eigenvalue weighted by atomic mass is 9.91. The molecular formula is C7H15N. The third-order valence-electron chi connectivity index (χ3n) is 1.79. The molecule has 0 aromatic carbocycles. The van der Waals surface area contributed by atoms with Crippen molar-refractivity contribution in [1.82, 2.24) is 5.32 Å². The van der Waals surface area contributed by atoms with E-state index in [4.69, 9.17) is 0 Å². The predicted octanol–water partition coefficient (Wildman–Crippen LogP) is 1.39. The highest BCUT2D eigenvalue weighted by atomic mass is 15.0. The summed E-state index contributed by atoms with van der Waals surface area (Å²) in [5, 5.41) is 3.41. The van der Waals surface area contributed by atoms with E-state index in [0.717, 1.165) is 6.04 Å². The molecule has 0 bridgehead atoms. The molecule has 1 nitrogen and oxygen atoms in total. The van der Waals surface area contributed by atoms with Gasteiger partial charge in [-0.25, -0.2) is 0 Å². The molecule has 0 aliphatic carbocycles. The summed E-state index contributed by atoms with van der Waals surface area (Å²) in [6.45, 7) is 8.05. The number of hydrogen-bond donors (Lipinski definition) is 1. The van der Waals surface area contributed by atoms with Crippen LogP contribution in [0, 0.1) is 5.41 Å². The van der Waals surface area contributed by atoms with Crippen molar-refractivity contribution in [3.05, 3.63) is 0 Å². The van der Waals surface area contributed by atoms with Gasteiger partial charge in [-0.1, -0.05) is 13.8 Å². The molecule has 8 heavy (non-hydrogen) atoms. The zero-order valence-corrected chi connectivity index (χ0v) is 5.99. The summed E-state index contributed by atoms with van der Waals surface area (Å²) in [6, 6.07) is 0.741. The monoisotopic (exact) mass is 113 g/mol. The fourth-order valence-corrected chi connectivity index (χ4v) is 1.42. The highest BCUT2D eigenvalue weighted by Gasteiger charge is 2.27. The van der Waals surface area contributed by atoms with E-state index in [2.05, 4.69) is 26.1 Å². The summed E-state index contributed by atoms with van der Waals surface area (Å²) in [5.41, 5.74) is 0.555. The lowest BCUT2D eigenvalue weighted by Gasteiger charge is -2.13. The standard InChI is InChI=1S/C7H15N/c1-6-4-7(2,3)5-8-6/h6,8H,4-5H2,1-3H3. The molecule has 0 aromatic heterocycles. The van der Waals surface area contributed by atoms with Crippen molar-refractivity contribution in [3.63, 3.8) is 0 Å².